The smallest absolute Gasteiger partial charge is 0.143 e. The molecule has 3 heteroatoms. The Morgan fingerprint density at radius 3 is 1.92 bits per heavy atom. The van der Waals surface area contributed by atoms with Gasteiger partial charge < -0.3 is 4.42 Å². The van der Waals surface area contributed by atoms with Crippen LogP contribution in [0.15, 0.2) is 120 Å². The minimum atomic E-state index is 0.854. The molecule has 0 saturated carbocycles. The summed E-state index contributed by atoms with van der Waals surface area (Å²) >= 11 is 0. The molecule has 6 aromatic carbocycles. The first-order chi connectivity index (χ1) is 18.8. The number of benzene rings is 6. The molecular formula is C35H22N2O. The van der Waals surface area contributed by atoms with E-state index < -0.39 is 0 Å². The maximum absolute atomic E-state index is 6.43. The van der Waals surface area contributed by atoms with Gasteiger partial charge in [0.05, 0.1) is 22.9 Å². The van der Waals surface area contributed by atoms with Crippen LogP contribution in [0.5, 0.6) is 0 Å². The van der Waals surface area contributed by atoms with Crippen molar-refractivity contribution in [2.45, 2.75) is 6.92 Å². The Morgan fingerprint density at radius 2 is 1.13 bits per heavy atom. The Morgan fingerprint density at radius 1 is 0.526 bits per heavy atom. The summed E-state index contributed by atoms with van der Waals surface area (Å²) < 4.78 is 6.43. The van der Waals surface area contributed by atoms with Gasteiger partial charge in [0.25, 0.3) is 0 Å². The van der Waals surface area contributed by atoms with Gasteiger partial charge >= 0.3 is 0 Å². The standard InChI is InChI=1S/C35H22N2O/c1-21-9-6-17-29-30-18-8-16-24(35(30)38-34(21)29)22-10-7-11-23(19-22)31-20-36-32-27-14-4-2-12-25(27)26-13-3-5-15-28(26)33(32)37-31/h2-20H,1H3. The van der Waals surface area contributed by atoms with Crippen LogP contribution in [0.1, 0.15) is 5.56 Å². The van der Waals surface area contributed by atoms with Crippen LogP contribution in [0.2, 0.25) is 0 Å². The lowest BCUT2D eigenvalue weighted by Gasteiger charge is -2.11. The fourth-order valence-corrected chi connectivity index (χ4v) is 5.80. The first-order valence-electron chi connectivity index (χ1n) is 12.8. The fraction of sp³-hybridized carbons (Fsp3) is 0.0286. The lowest BCUT2D eigenvalue weighted by molar-refractivity contribution is 0.667. The largest absolute Gasteiger partial charge is 0.455 e. The Labute approximate surface area is 219 Å². The third-order valence-corrected chi connectivity index (χ3v) is 7.62. The van der Waals surface area contributed by atoms with Crippen LogP contribution in [0, 0.1) is 6.92 Å². The topological polar surface area (TPSA) is 38.9 Å². The van der Waals surface area contributed by atoms with Crippen molar-refractivity contribution in [1.29, 1.82) is 0 Å². The highest BCUT2D eigenvalue weighted by atomic mass is 16.3. The van der Waals surface area contributed by atoms with Crippen molar-refractivity contribution in [2.24, 2.45) is 0 Å². The van der Waals surface area contributed by atoms with E-state index in [9.17, 15) is 0 Å². The second kappa shape index (κ2) is 7.99. The molecule has 8 rings (SSSR count). The zero-order valence-electron chi connectivity index (χ0n) is 20.8. The Bertz CT molecular complexity index is 2170. The molecule has 0 N–H and O–H groups in total. The molecule has 178 valence electrons. The SMILES string of the molecule is Cc1cccc2c1oc1c(-c3cccc(-c4cnc5c6ccccc6c6ccccc6c5n4)c3)cccc12. The molecule has 0 amide bonds. The number of hydrogen-bond donors (Lipinski definition) is 0. The van der Waals surface area contributed by atoms with Gasteiger partial charge in [-0.1, -0.05) is 103 Å². The average Bonchev–Trinajstić information content (AvgIpc) is 3.37. The van der Waals surface area contributed by atoms with Gasteiger partial charge in [-0.25, -0.2) is 4.98 Å². The lowest BCUT2D eigenvalue weighted by atomic mass is 9.98. The van der Waals surface area contributed by atoms with Gasteiger partial charge in [-0.2, -0.15) is 0 Å². The number of para-hydroxylation sites is 2. The quantitative estimate of drug-likeness (QED) is 0.228. The Kier molecular flexibility index (Phi) is 4.44. The van der Waals surface area contributed by atoms with Crippen LogP contribution in [0.4, 0.5) is 0 Å². The molecule has 2 heterocycles. The molecule has 0 aliphatic rings. The molecule has 8 aromatic rings. The van der Waals surface area contributed by atoms with E-state index in [2.05, 4.69) is 116 Å². The third kappa shape index (κ3) is 3.02. The van der Waals surface area contributed by atoms with E-state index in [0.29, 0.717) is 0 Å². The molecule has 2 aromatic heterocycles. The fourth-order valence-electron chi connectivity index (χ4n) is 5.80. The summed E-state index contributed by atoms with van der Waals surface area (Å²) in [6, 6.07) is 38.1. The molecule has 0 radical (unpaired) electrons. The van der Waals surface area contributed by atoms with E-state index >= 15 is 0 Å². The molecular weight excluding hydrogens is 464 g/mol. The number of aryl methyl sites for hydroxylation is 1. The summed E-state index contributed by atoms with van der Waals surface area (Å²) in [4.78, 5) is 10.1. The second-order valence-electron chi connectivity index (χ2n) is 9.86. The number of aromatic nitrogens is 2. The summed E-state index contributed by atoms with van der Waals surface area (Å²) in [6.07, 6.45) is 1.90. The van der Waals surface area contributed by atoms with Crippen molar-refractivity contribution < 1.29 is 4.42 Å². The number of rotatable bonds is 2. The first kappa shape index (κ1) is 21.1. The predicted molar refractivity (Wildman–Crippen MR) is 157 cm³/mol. The van der Waals surface area contributed by atoms with E-state index in [0.717, 1.165) is 71.7 Å². The van der Waals surface area contributed by atoms with E-state index in [1.165, 1.54) is 10.8 Å². The number of furan rings is 1. The van der Waals surface area contributed by atoms with Crippen molar-refractivity contribution in [3.63, 3.8) is 0 Å². The lowest BCUT2D eigenvalue weighted by Crippen LogP contribution is -1.92. The van der Waals surface area contributed by atoms with Crippen molar-refractivity contribution in [3.05, 3.63) is 121 Å². The number of hydrogen-bond acceptors (Lipinski definition) is 3. The number of fused-ring (bicyclic) bond motifs is 9. The Hall–Kier alpha value is -5.02. The van der Waals surface area contributed by atoms with Crippen LogP contribution < -0.4 is 0 Å². The van der Waals surface area contributed by atoms with Crippen LogP contribution >= 0.6 is 0 Å². The van der Waals surface area contributed by atoms with Crippen LogP contribution in [0.25, 0.3) is 76.9 Å². The highest BCUT2D eigenvalue weighted by Crippen LogP contribution is 2.38. The van der Waals surface area contributed by atoms with E-state index in [1.807, 2.05) is 6.20 Å². The van der Waals surface area contributed by atoms with E-state index in [4.69, 9.17) is 14.4 Å². The molecule has 0 fully saturated rings. The van der Waals surface area contributed by atoms with Gasteiger partial charge in [-0.3, -0.25) is 4.98 Å². The monoisotopic (exact) mass is 486 g/mol. The zero-order valence-corrected chi connectivity index (χ0v) is 20.8. The maximum atomic E-state index is 6.43. The average molecular weight is 487 g/mol. The number of nitrogens with zero attached hydrogens (tertiary/aromatic N) is 2. The Balaban J connectivity index is 1.34. The molecule has 0 bridgehead atoms. The molecule has 38 heavy (non-hydrogen) atoms. The molecule has 0 aliphatic carbocycles. The predicted octanol–water partition coefficient (Wildman–Crippen LogP) is 9.48. The summed E-state index contributed by atoms with van der Waals surface area (Å²) in [5.74, 6) is 0. The van der Waals surface area contributed by atoms with Gasteiger partial charge in [0.2, 0.25) is 0 Å². The van der Waals surface area contributed by atoms with Crippen molar-refractivity contribution in [2.75, 3.05) is 0 Å². The van der Waals surface area contributed by atoms with Crippen molar-refractivity contribution in [1.82, 2.24) is 9.97 Å². The minimum absolute atomic E-state index is 0.854. The third-order valence-electron chi connectivity index (χ3n) is 7.62. The molecule has 0 atom stereocenters. The molecule has 0 saturated heterocycles. The van der Waals surface area contributed by atoms with Gasteiger partial charge in [0, 0.05) is 32.7 Å². The first-order valence-corrected chi connectivity index (χ1v) is 12.8. The van der Waals surface area contributed by atoms with Crippen LogP contribution in [0.3, 0.4) is 0 Å². The molecule has 3 nitrogen and oxygen atoms in total. The minimum Gasteiger partial charge on any atom is -0.455 e. The van der Waals surface area contributed by atoms with Gasteiger partial charge in [-0.15, -0.1) is 0 Å². The summed E-state index contributed by atoms with van der Waals surface area (Å²) in [7, 11) is 0. The molecule has 0 aliphatic heterocycles. The summed E-state index contributed by atoms with van der Waals surface area (Å²) in [5, 5.41) is 6.93. The van der Waals surface area contributed by atoms with E-state index in [-0.39, 0.29) is 0 Å². The normalized spacial score (nSPS) is 11.8. The van der Waals surface area contributed by atoms with E-state index in [1.54, 1.807) is 0 Å². The molecule has 0 unspecified atom stereocenters. The van der Waals surface area contributed by atoms with Crippen molar-refractivity contribution in [3.8, 4) is 22.4 Å². The summed E-state index contributed by atoms with van der Waals surface area (Å²) in [6.45, 7) is 2.09. The highest BCUT2D eigenvalue weighted by molar-refractivity contribution is 6.23. The zero-order chi connectivity index (χ0) is 25.2. The second-order valence-corrected chi connectivity index (χ2v) is 9.86. The van der Waals surface area contributed by atoms with Crippen LogP contribution in [-0.2, 0) is 0 Å². The highest BCUT2D eigenvalue weighted by Gasteiger charge is 2.15. The van der Waals surface area contributed by atoms with Gasteiger partial charge in [-0.05, 0) is 34.9 Å². The van der Waals surface area contributed by atoms with Crippen LogP contribution in [-0.4, -0.2) is 9.97 Å². The van der Waals surface area contributed by atoms with Crippen molar-refractivity contribution >= 4 is 54.5 Å². The molecule has 0 spiro atoms. The van der Waals surface area contributed by atoms with Gasteiger partial charge in [0.1, 0.15) is 11.2 Å². The summed E-state index contributed by atoms with van der Waals surface area (Å²) in [5.41, 5.74) is 8.91. The maximum Gasteiger partial charge on any atom is 0.143 e. The van der Waals surface area contributed by atoms with Gasteiger partial charge in [0.15, 0.2) is 0 Å².